The van der Waals surface area contributed by atoms with Gasteiger partial charge in [0.1, 0.15) is 0 Å². The lowest BCUT2D eigenvalue weighted by molar-refractivity contribution is 0.359. The van der Waals surface area contributed by atoms with Crippen molar-refractivity contribution in [2.45, 2.75) is 23.8 Å². The van der Waals surface area contributed by atoms with Gasteiger partial charge in [-0.25, -0.2) is 0 Å². The summed E-state index contributed by atoms with van der Waals surface area (Å²) in [7, 11) is -9.91. The minimum Gasteiger partial charge on any atom is -0.323 e. The van der Waals surface area contributed by atoms with Crippen LogP contribution in [-0.2, 0) is 14.7 Å². The summed E-state index contributed by atoms with van der Waals surface area (Å²) in [6.45, 7) is 0. The van der Waals surface area contributed by atoms with Gasteiger partial charge in [-0.05, 0) is 34.7 Å². The van der Waals surface area contributed by atoms with Crippen LogP contribution in [0.4, 0.5) is 0 Å². The minimum absolute atomic E-state index is 0.146. The molecule has 0 aliphatic heterocycles. The summed E-state index contributed by atoms with van der Waals surface area (Å²) in [5, 5.41) is 2.00. The van der Waals surface area contributed by atoms with Crippen LogP contribution in [0.25, 0.3) is 10.8 Å². The number of hydrogen-bond donors (Lipinski definition) is 3. The van der Waals surface area contributed by atoms with E-state index in [-0.39, 0.29) is 18.8 Å². The minimum atomic E-state index is -5.02. The van der Waals surface area contributed by atoms with Crippen molar-refractivity contribution in [2.24, 2.45) is 0 Å². The molecule has 3 aromatic rings. The lowest BCUT2D eigenvalue weighted by Gasteiger charge is -2.22. The molecule has 28 heavy (non-hydrogen) atoms. The first-order chi connectivity index (χ1) is 13.2. The van der Waals surface area contributed by atoms with Crippen LogP contribution in [-0.4, -0.2) is 27.7 Å². The Morgan fingerprint density at radius 2 is 1.43 bits per heavy atom. The molecule has 0 aliphatic rings. The molecule has 6 nitrogen and oxygen atoms in total. The highest BCUT2D eigenvalue weighted by Gasteiger charge is 2.40. The van der Waals surface area contributed by atoms with Crippen LogP contribution < -0.4 is 0 Å². The van der Waals surface area contributed by atoms with E-state index < -0.39 is 22.7 Å². The van der Waals surface area contributed by atoms with Crippen molar-refractivity contribution in [1.82, 2.24) is 0 Å². The summed E-state index contributed by atoms with van der Waals surface area (Å²) in [5.74, 6) is -0.289. The van der Waals surface area contributed by atoms with Gasteiger partial charge in [-0.3, -0.25) is 9.12 Å². The van der Waals surface area contributed by atoms with Gasteiger partial charge in [-0.15, -0.1) is 0 Å². The van der Waals surface area contributed by atoms with Gasteiger partial charge in [-0.1, -0.05) is 72.8 Å². The first-order valence-corrected chi connectivity index (χ1v) is 11.9. The van der Waals surface area contributed by atoms with Gasteiger partial charge >= 0.3 is 7.60 Å². The Kier molecular flexibility index (Phi) is 6.03. The third-order valence-corrected chi connectivity index (χ3v) is 8.38. The van der Waals surface area contributed by atoms with Crippen LogP contribution in [0.1, 0.15) is 29.9 Å². The Morgan fingerprint density at radius 1 is 0.821 bits per heavy atom. The normalized spacial score (nSPS) is 14.7. The molecule has 8 heteroatoms. The number of rotatable bonds is 7. The Balaban J connectivity index is 2.05. The van der Waals surface area contributed by atoms with E-state index in [0.717, 1.165) is 21.9 Å². The maximum Gasteiger partial charge on any atom is 0.346 e. The Bertz CT molecular complexity index is 1100. The van der Waals surface area contributed by atoms with Crippen molar-refractivity contribution >= 4 is 28.5 Å². The maximum absolute atomic E-state index is 11.6. The SMILES string of the molecule is O=P(O)(O)C(CCC(c1ccccc1)c1cccc2ccccc12)S(=O)(=O)O. The molecule has 2 atom stereocenters. The highest BCUT2D eigenvalue weighted by atomic mass is 32.2. The zero-order chi connectivity index (χ0) is 20.4. The lowest BCUT2D eigenvalue weighted by atomic mass is 9.85. The molecule has 3 aromatic carbocycles. The van der Waals surface area contributed by atoms with Gasteiger partial charge in [0.05, 0.1) is 0 Å². The van der Waals surface area contributed by atoms with E-state index in [2.05, 4.69) is 0 Å². The lowest BCUT2D eigenvalue weighted by Crippen LogP contribution is -2.21. The van der Waals surface area contributed by atoms with Crippen molar-refractivity contribution in [3.05, 3.63) is 83.9 Å². The van der Waals surface area contributed by atoms with Gasteiger partial charge in [0.25, 0.3) is 10.1 Å². The largest absolute Gasteiger partial charge is 0.346 e. The van der Waals surface area contributed by atoms with E-state index in [1.807, 2.05) is 72.8 Å². The van der Waals surface area contributed by atoms with E-state index >= 15 is 0 Å². The molecule has 0 spiro atoms. The van der Waals surface area contributed by atoms with Crippen molar-refractivity contribution in [1.29, 1.82) is 0 Å². The van der Waals surface area contributed by atoms with Gasteiger partial charge < -0.3 is 9.79 Å². The molecule has 2 unspecified atom stereocenters. The molecule has 0 radical (unpaired) electrons. The molecule has 0 aromatic heterocycles. The van der Waals surface area contributed by atoms with Crippen molar-refractivity contribution in [3.8, 4) is 0 Å². The average Bonchev–Trinajstić information content (AvgIpc) is 2.63. The molecular weight excluding hydrogens is 399 g/mol. The first-order valence-electron chi connectivity index (χ1n) is 8.72. The second-order valence-electron chi connectivity index (χ2n) is 6.67. The molecule has 0 heterocycles. The van der Waals surface area contributed by atoms with E-state index in [9.17, 15) is 27.3 Å². The fourth-order valence-electron chi connectivity index (χ4n) is 3.54. The van der Waals surface area contributed by atoms with Gasteiger partial charge in [0.2, 0.25) is 0 Å². The highest BCUT2D eigenvalue weighted by molar-refractivity contribution is 7.93. The molecule has 0 saturated carbocycles. The number of benzene rings is 3. The molecule has 0 fully saturated rings. The Labute approximate surface area is 163 Å². The van der Waals surface area contributed by atoms with E-state index in [1.165, 1.54) is 0 Å². The van der Waals surface area contributed by atoms with Crippen molar-refractivity contribution in [3.63, 3.8) is 0 Å². The van der Waals surface area contributed by atoms with Crippen LogP contribution in [0.5, 0.6) is 0 Å². The molecule has 3 N–H and O–H groups in total. The summed E-state index contributed by atoms with van der Waals surface area (Å²) >= 11 is 0. The van der Waals surface area contributed by atoms with Crippen LogP contribution in [0.2, 0.25) is 0 Å². The average molecular weight is 420 g/mol. The zero-order valence-electron chi connectivity index (χ0n) is 14.9. The van der Waals surface area contributed by atoms with E-state index in [1.54, 1.807) is 0 Å². The van der Waals surface area contributed by atoms with Crippen molar-refractivity contribution in [2.75, 3.05) is 0 Å². The van der Waals surface area contributed by atoms with Crippen LogP contribution in [0.15, 0.2) is 72.8 Å². The molecule has 0 amide bonds. The van der Waals surface area contributed by atoms with Gasteiger partial charge in [-0.2, -0.15) is 8.42 Å². The summed E-state index contributed by atoms with van der Waals surface area (Å²) < 4.78 is 44.0. The van der Waals surface area contributed by atoms with Gasteiger partial charge in [0.15, 0.2) is 4.99 Å². The second kappa shape index (κ2) is 8.15. The zero-order valence-corrected chi connectivity index (χ0v) is 16.6. The smallest absolute Gasteiger partial charge is 0.323 e. The highest BCUT2D eigenvalue weighted by Crippen LogP contribution is 2.47. The van der Waals surface area contributed by atoms with Crippen LogP contribution >= 0.6 is 7.60 Å². The Morgan fingerprint density at radius 3 is 2.07 bits per heavy atom. The fraction of sp³-hybridized carbons (Fsp3) is 0.200. The third-order valence-electron chi connectivity index (χ3n) is 4.82. The third kappa shape index (κ3) is 4.69. The molecular formula is C20H21O6PS. The van der Waals surface area contributed by atoms with E-state index in [4.69, 9.17) is 0 Å². The van der Waals surface area contributed by atoms with Gasteiger partial charge in [0, 0.05) is 5.92 Å². The quantitative estimate of drug-likeness (QED) is 0.391. The van der Waals surface area contributed by atoms with Crippen LogP contribution in [0, 0.1) is 0 Å². The van der Waals surface area contributed by atoms with E-state index in [0.29, 0.717) is 0 Å². The molecule has 0 bridgehead atoms. The molecule has 3 rings (SSSR count). The topological polar surface area (TPSA) is 112 Å². The van der Waals surface area contributed by atoms with Crippen molar-refractivity contribution < 1.29 is 27.3 Å². The fourth-order valence-corrected chi connectivity index (χ4v) is 5.85. The van der Waals surface area contributed by atoms with Crippen LogP contribution in [0.3, 0.4) is 0 Å². The first kappa shape index (κ1) is 20.7. The molecule has 148 valence electrons. The molecule has 0 saturated heterocycles. The number of fused-ring (bicyclic) bond motifs is 1. The summed E-state index contributed by atoms with van der Waals surface area (Å²) in [6.07, 6.45) is -0.223. The number of hydrogen-bond acceptors (Lipinski definition) is 3. The predicted octanol–water partition coefficient (Wildman–Crippen LogP) is 4.14. The predicted molar refractivity (Wildman–Crippen MR) is 109 cm³/mol. The second-order valence-corrected chi connectivity index (χ2v) is 10.4. The Hall–Kier alpha value is -2.02. The maximum atomic E-state index is 11.6. The summed E-state index contributed by atoms with van der Waals surface area (Å²) in [4.78, 5) is 16.7. The molecule has 0 aliphatic carbocycles. The summed E-state index contributed by atoms with van der Waals surface area (Å²) in [5.41, 5.74) is 1.84. The summed E-state index contributed by atoms with van der Waals surface area (Å²) in [6, 6.07) is 22.9. The standard InChI is InChI=1S/C20H21O6PS/c21-27(22,23)20(28(24,25)26)14-13-18(15-7-2-1-3-8-15)19-12-6-10-16-9-4-5-11-17(16)19/h1-12,18,20H,13-14H2,(H2,21,22,23)(H,24,25,26). The monoisotopic (exact) mass is 420 g/mol.